The third-order valence-electron chi connectivity index (χ3n) is 4.77. The Hall–Kier alpha value is -1.41. The van der Waals surface area contributed by atoms with Crippen LogP contribution >= 0.6 is 0 Å². The second-order valence-electron chi connectivity index (χ2n) is 6.45. The van der Waals surface area contributed by atoms with Crippen LogP contribution < -0.4 is 0 Å². The summed E-state index contributed by atoms with van der Waals surface area (Å²) in [5.74, 6) is -0.0491. The summed E-state index contributed by atoms with van der Waals surface area (Å²) in [6, 6.07) is 1.53. The number of hydrogen-bond acceptors (Lipinski definition) is 4. The molecule has 0 N–H and O–H groups in total. The van der Waals surface area contributed by atoms with Gasteiger partial charge in [0.1, 0.15) is 6.04 Å². The van der Waals surface area contributed by atoms with Crippen LogP contribution in [0.5, 0.6) is 0 Å². The highest BCUT2D eigenvalue weighted by atomic mass is 32.2. The predicted octanol–water partition coefficient (Wildman–Crippen LogP) is 0.861. The number of rotatable bonds is 3. The van der Waals surface area contributed by atoms with E-state index in [1.807, 2.05) is 21.8 Å². The van der Waals surface area contributed by atoms with Gasteiger partial charge in [0.25, 0.3) is 0 Å². The summed E-state index contributed by atoms with van der Waals surface area (Å²) in [7, 11) is -3.35. The molecule has 0 saturated carbocycles. The van der Waals surface area contributed by atoms with Crippen molar-refractivity contribution in [2.45, 2.75) is 44.2 Å². The molecule has 2 fully saturated rings. The van der Waals surface area contributed by atoms with Gasteiger partial charge in [0, 0.05) is 32.0 Å². The lowest BCUT2D eigenvalue weighted by Crippen LogP contribution is -2.54. The molecule has 0 aliphatic carbocycles. The highest BCUT2D eigenvalue weighted by Crippen LogP contribution is 2.26. The first kappa shape index (κ1) is 16.4. The van der Waals surface area contributed by atoms with Crippen molar-refractivity contribution in [3.05, 3.63) is 18.5 Å². The van der Waals surface area contributed by atoms with E-state index in [-0.39, 0.29) is 11.9 Å². The molecule has 2 unspecified atom stereocenters. The highest BCUT2D eigenvalue weighted by molar-refractivity contribution is 7.88. The van der Waals surface area contributed by atoms with Crippen molar-refractivity contribution in [2.75, 3.05) is 25.9 Å². The molecule has 23 heavy (non-hydrogen) atoms. The lowest BCUT2D eigenvalue weighted by Gasteiger charge is -2.39. The van der Waals surface area contributed by atoms with Crippen LogP contribution in [0.4, 0.5) is 0 Å². The molecule has 7 nitrogen and oxygen atoms in total. The average molecular weight is 340 g/mol. The van der Waals surface area contributed by atoms with E-state index in [9.17, 15) is 13.2 Å². The third kappa shape index (κ3) is 3.58. The first-order valence-corrected chi connectivity index (χ1v) is 10.1. The number of carbonyl (C=O) groups excluding carboxylic acids is 1. The molecule has 2 aliphatic heterocycles. The molecule has 8 heteroatoms. The molecule has 1 amide bonds. The number of aromatic nitrogens is 2. The van der Waals surface area contributed by atoms with E-state index in [1.165, 1.54) is 10.6 Å². The van der Waals surface area contributed by atoms with Gasteiger partial charge in [0.2, 0.25) is 15.9 Å². The van der Waals surface area contributed by atoms with Crippen molar-refractivity contribution in [1.29, 1.82) is 0 Å². The Kier molecular flexibility index (Phi) is 4.72. The molecule has 2 aliphatic rings. The first-order valence-electron chi connectivity index (χ1n) is 8.21. The third-order valence-corrected chi connectivity index (χ3v) is 6.06. The SMILES string of the molecule is CS(=O)(=O)N1CCCCC1C(=O)N1CCCC(n2cccn2)C1. The van der Waals surface area contributed by atoms with Gasteiger partial charge in [-0.25, -0.2) is 8.42 Å². The van der Waals surface area contributed by atoms with Gasteiger partial charge >= 0.3 is 0 Å². The normalized spacial score (nSPS) is 27.1. The van der Waals surface area contributed by atoms with Crippen LogP contribution in [0.3, 0.4) is 0 Å². The molecule has 128 valence electrons. The van der Waals surface area contributed by atoms with E-state index in [2.05, 4.69) is 5.10 Å². The van der Waals surface area contributed by atoms with Crippen molar-refractivity contribution in [3.8, 4) is 0 Å². The van der Waals surface area contributed by atoms with Crippen molar-refractivity contribution in [3.63, 3.8) is 0 Å². The number of carbonyl (C=O) groups is 1. The van der Waals surface area contributed by atoms with Crippen LogP contribution in [0.25, 0.3) is 0 Å². The molecule has 2 atom stereocenters. The van der Waals surface area contributed by atoms with Crippen LogP contribution in [0.1, 0.15) is 38.1 Å². The average Bonchev–Trinajstić information content (AvgIpc) is 3.08. The summed E-state index contributed by atoms with van der Waals surface area (Å²) < 4.78 is 27.2. The minimum Gasteiger partial charge on any atom is -0.339 e. The van der Waals surface area contributed by atoms with Crippen LogP contribution in [-0.4, -0.2) is 65.2 Å². The maximum atomic E-state index is 12.9. The smallest absolute Gasteiger partial charge is 0.241 e. The molecule has 3 heterocycles. The van der Waals surface area contributed by atoms with E-state index in [0.29, 0.717) is 26.1 Å². The summed E-state index contributed by atoms with van der Waals surface area (Å²) in [5.41, 5.74) is 0. The minimum absolute atomic E-state index is 0.0491. The van der Waals surface area contributed by atoms with E-state index >= 15 is 0 Å². The molecule has 3 rings (SSSR count). The number of hydrogen-bond donors (Lipinski definition) is 0. The fourth-order valence-corrected chi connectivity index (χ4v) is 4.75. The largest absolute Gasteiger partial charge is 0.339 e. The van der Waals surface area contributed by atoms with Crippen molar-refractivity contribution < 1.29 is 13.2 Å². The van der Waals surface area contributed by atoms with Crippen molar-refractivity contribution >= 4 is 15.9 Å². The maximum absolute atomic E-state index is 12.9. The summed E-state index contributed by atoms with van der Waals surface area (Å²) in [6.45, 7) is 1.75. The topological polar surface area (TPSA) is 75.5 Å². The van der Waals surface area contributed by atoms with Crippen LogP contribution in [0.2, 0.25) is 0 Å². The highest BCUT2D eigenvalue weighted by Gasteiger charge is 2.38. The Morgan fingerprint density at radius 2 is 2.00 bits per heavy atom. The van der Waals surface area contributed by atoms with E-state index in [4.69, 9.17) is 0 Å². The Morgan fingerprint density at radius 3 is 2.70 bits per heavy atom. The fourth-order valence-electron chi connectivity index (χ4n) is 3.63. The monoisotopic (exact) mass is 340 g/mol. The molecule has 0 spiro atoms. The van der Waals surface area contributed by atoms with Gasteiger partial charge in [-0.15, -0.1) is 0 Å². The molecule has 0 bridgehead atoms. The number of amides is 1. The number of likely N-dealkylation sites (tertiary alicyclic amines) is 1. The second-order valence-corrected chi connectivity index (χ2v) is 8.39. The molecule has 0 aromatic carbocycles. The molecule has 1 aromatic heterocycles. The summed E-state index contributed by atoms with van der Waals surface area (Å²) >= 11 is 0. The quantitative estimate of drug-likeness (QED) is 0.818. The van der Waals surface area contributed by atoms with Gasteiger partial charge in [-0.1, -0.05) is 6.42 Å². The van der Waals surface area contributed by atoms with Crippen molar-refractivity contribution in [2.24, 2.45) is 0 Å². The lowest BCUT2D eigenvalue weighted by atomic mass is 10.0. The van der Waals surface area contributed by atoms with Gasteiger partial charge < -0.3 is 4.90 Å². The van der Waals surface area contributed by atoms with Gasteiger partial charge in [0.15, 0.2) is 0 Å². The maximum Gasteiger partial charge on any atom is 0.241 e. The zero-order valence-electron chi connectivity index (χ0n) is 13.5. The van der Waals surface area contributed by atoms with Gasteiger partial charge in [-0.3, -0.25) is 9.48 Å². The standard InChI is InChI=1S/C15H24N4O3S/c1-23(21,22)19-11-3-2-7-14(19)15(20)17-9-4-6-13(12-17)18-10-5-8-16-18/h5,8,10,13-14H,2-4,6-7,9,11-12H2,1H3. The van der Waals surface area contributed by atoms with E-state index < -0.39 is 16.1 Å². The molecule has 1 aromatic rings. The Balaban J connectivity index is 1.73. The molecular weight excluding hydrogens is 316 g/mol. The summed E-state index contributed by atoms with van der Waals surface area (Å²) in [4.78, 5) is 14.7. The molecule has 0 radical (unpaired) electrons. The van der Waals surface area contributed by atoms with Crippen LogP contribution in [0, 0.1) is 0 Å². The number of sulfonamides is 1. The van der Waals surface area contributed by atoms with Gasteiger partial charge in [0.05, 0.1) is 12.3 Å². The zero-order chi connectivity index (χ0) is 16.4. The minimum atomic E-state index is -3.35. The van der Waals surface area contributed by atoms with Crippen molar-refractivity contribution in [1.82, 2.24) is 19.0 Å². The summed E-state index contributed by atoms with van der Waals surface area (Å²) in [6.07, 6.45) is 9.12. The fraction of sp³-hybridized carbons (Fsp3) is 0.733. The van der Waals surface area contributed by atoms with Crippen LogP contribution in [0.15, 0.2) is 18.5 Å². The second kappa shape index (κ2) is 6.60. The van der Waals surface area contributed by atoms with Gasteiger partial charge in [-0.2, -0.15) is 9.40 Å². The Morgan fingerprint density at radius 1 is 1.17 bits per heavy atom. The lowest BCUT2D eigenvalue weighted by molar-refractivity contribution is -0.138. The van der Waals surface area contributed by atoms with Crippen LogP contribution in [-0.2, 0) is 14.8 Å². The predicted molar refractivity (Wildman–Crippen MR) is 86.3 cm³/mol. The Bertz CT molecular complexity index is 644. The van der Waals surface area contributed by atoms with Gasteiger partial charge in [-0.05, 0) is 31.7 Å². The molecule has 2 saturated heterocycles. The molecular formula is C15H24N4O3S. The van der Waals surface area contributed by atoms with E-state index in [1.54, 1.807) is 6.20 Å². The summed E-state index contributed by atoms with van der Waals surface area (Å²) in [5, 5.41) is 4.27. The zero-order valence-corrected chi connectivity index (χ0v) is 14.3. The Labute approximate surface area is 137 Å². The van der Waals surface area contributed by atoms with E-state index in [0.717, 1.165) is 25.7 Å². The first-order chi connectivity index (χ1) is 11.0. The number of nitrogens with zero attached hydrogens (tertiary/aromatic N) is 4. The number of piperidine rings is 2.